The highest BCUT2D eigenvalue weighted by atomic mass is 16.3. The molecular formula is C12H12N2O3. The number of aromatic amines is 1. The molecule has 2 aromatic rings. The van der Waals surface area contributed by atoms with Gasteiger partial charge in [0.15, 0.2) is 5.43 Å². The Labute approximate surface area is 97.5 Å². The number of nitrogens with one attached hydrogen (secondary N) is 2. The molecule has 2 rings (SSSR count). The van der Waals surface area contributed by atoms with Gasteiger partial charge in [0, 0.05) is 18.0 Å². The summed E-state index contributed by atoms with van der Waals surface area (Å²) >= 11 is 0. The van der Waals surface area contributed by atoms with Crippen molar-refractivity contribution >= 4 is 5.91 Å². The number of carbonyl (C=O) groups excluding carboxylic acids is 1. The highest BCUT2D eigenvalue weighted by molar-refractivity contribution is 5.93. The van der Waals surface area contributed by atoms with Gasteiger partial charge in [0.25, 0.3) is 5.91 Å². The van der Waals surface area contributed by atoms with Crippen molar-refractivity contribution in [3.05, 3.63) is 57.9 Å². The van der Waals surface area contributed by atoms with E-state index in [0.29, 0.717) is 5.76 Å². The minimum atomic E-state index is -0.414. The van der Waals surface area contributed by atoms with E-state index >= 15 is 0 Å². The molecule has 0 spiro atoms. The summed E-state index contributed by atoms with van der Waals surface area (Å²) in [5.74, 6) is 0.226. The van der Waals surface area contributed by atoms with Crippen molar-refractivity contribution in [1.82, 2.24) is 10.3 Å². The first-order chi connectivity index (χ1) is 8.16. The topological polar surface area (TPSA) is 75.1 Å². The third-order valence-electron chi connectivity index (χ3n) is 2.31. The Morgan fingerprint density at radius 3 is 3.00 bits per heavy atom. The highest BCUT2D eigenvalue weighted by Crippen LogP contribution is 1.99. The summed E-state index contributed by atoms with van der Waals surface area (Å²) in [6.07, 6.45) is 2.94. The van der Waals surface area contributed by atoms with Crippen molar-refractivity contribution in [3.8, 4) is 0 Å². The number of furan rings is 1. The second kappa shape index (κ2) is 4.69. The molecular weight excluding hydrogens is 220 g/mol. The molecule has 1 amide bonds. The van der Waals surface area contributed by atoms with Crippen LogP contribution in [-0.2, 0) is 6.54 Å². The molecule has 0 radical (unpaired) electrons. The van der Waals surface area contributed by atoms with Crippen LogP contribution in [0.2, 0.25) is 0 Å². The van der Waals surface area contributed by atoms with Gasteiger partial charge >= 0.3 is 0 Å². The number of rotatable bonds is 3. The maximum absolute atomic E-state index is 11.7. The lowest BCUT2D eigenvalue weighted by Crippen LogP contribution is -2.28. The number of aryl methyl sites for hydroxylation is 1. The first-order valence-electron chi connectivity index (χ1n) is 5.17. The molecule has 88 valence electrons. The van der Waals surface area contributed by atoms with Gasteiger partial charge in [-0.3, -0.25) is 9.59 Å². The van der Waals surface area contributed by atoms with Gasteiger partial charge in [-0.15, -0.1) is 0 Å². The normalized spacial score (nSPS) is 10.2. The van der Waals surface area contributed by atoms with E-state index < -0.39 is 5.91 Å². The van der Waals surface area contributed by atoms with Crippen LogP contribution in [0.15, 0.2) is 39.9 Å². The lowest BCUT2D eigenvalue weighted by atomic mass is 10.2. The predicted octanol–water partition coefficient (Wildman–Crippen LogP) is 1.21. The minimum Gasteiger partial charge on any atom is -0.467 e. The SMILES string of the molecule is Cc1cc(=O)c(C(=O)NCc2ccco2)c[nH]1. The molecule has 2 aromatic heterocycles. The Balaban J connectivity index is 2.07. The van der Waals surface area contributed by atoms with Crippen molar-refractivity contribution in [3.63, 3.8) is 0 Å². The van der Waals surface area contributed by atoms with Crippen LogP contribution in [0.4, 0.5) is 0 Å². The molecule has 0 unspecified atom stereocenters. The summed E-state index contributed by atoms with van der Waals surface area (Å²) in [6.45, 7) is 2.02. The summed E-state index contributed by atoms with van der Waals surface area (Å²) in [4.78, 5) is 26.1. The van der Waals surface area contributed by atoms with E-state index in [2.05, 4.69) is 10.3 Å². The van der Waals surface area contributed by atoms with E-state index in [9.17, 15) is 9.59 Å². The molecule has 0 aromatic carbocycles. The third kappa shape index (κ3) is 2.63. The van der Waals surface area contributed by atoms with Crippen LogP contribution in [-0.4, -0.2) is 10.9 Å². The average molecular weight is 232 g/mol. The predicted molar refractivity (Wildman–Crippen MR) is 61.7 cm³/mol. The lowest BCUT2D eigenvalue weighted by molar-refractivity contribution is 0.0946. The number of carbonyl (C=O) groups is 1. The van der Waals surface area contributed by atoms with Gasteiger partial charge in [0.1, 0.15) is 11.3 Å². The monoisotopic (exact) mass is 232 g/mol. The molecule has 0 bridgehead atoms. The second-order valence-corrected chi connectivity index (χ2v) is 3.66. The molecule has 0 fully saturated rings. The molecule has 0 aliphatic carbocycles. The smallest absolute Gasteiger partial charge is 0.257 e. The van der Waals surface area contributed by atoms with Crippen LogP contribution < -0.4 is 10.7 Å². The van der Waals surface area contributed by atoms with E-state index in [-0.39, 0.29) is 17.5 Å². The fourth-order valence-corrected chi connectivity index (χ4v) is 1.43. The maximum atomic E-state index is 11.7. The van der Waals surface area contributed by atoms with Gasteiger partial charge in [0.05, 0.1) is 12.8 Å². The Kier molecular flexibility index (Phi) is 3.09. The first-order valence-corrected chi connectivity index (χ1v) is 5.17. The summed E-state index contributed by atoms with van der Waals surface area (Å²) in [6, 6.07) is 4.88. The summed E-state index contributed by atoms with van der Waals surface area (Å²) in [5.41, 5.74) is 0.526. The van der Waals surface area contributed by atoms with Crippen LogP contribution in [0, 0.1) is 6.92 Å². The fourth-order valence-electron chi connectivity index (χ4n) is 1.43. The molecule has 5 heteroatoms. The van der Waals surface area contributed by atoms with Gasteiger partial charge in [0.2, 0.25) is 0 Å². The third-order valence-corrected chi connectivity index (χ3v) is 2.31. The highest BCUT2D eigenvalue weighted by Gasteiger charge is 2.10. The van der Waals surface area contributed by atoms with Crippen molar-refractivity contribution < 1.29 is 9.21 Å². The number of pyridine rings is 1. The molecule has 0 aliphatic rings. The van der Waals surface area contributed by atoms with E-state index in [1.807, 2.05) is 0 Å². The molecule has 0 aliphatic heterocycles. The van der Waals surface area contributed by atoms with E-state index in [1.54, 1.807) is 19.1 Å². The molecule has 2 heterocycles. The number of H-pyrrole nitrogens is 1. The Morgan fingerprint density at radius 1 is 1.53 bits per heavy atom. The van der Waals surface area contributed by atoms with Crippen molar-refractivity contribution in [1.29, 1.82) is 0 Å². The molecule has 5 nitrogen and oxygen atoms in total. The van der Waals surface area contributed by atoms with Crippen molar-refractivity contribution in [2.75, 3.05) is 0 Å². The number of hydrogen-bond donors (Lipinski definition) is 2. The van der Waals surface area contributed by atoms with Crippen molar-refractivity contribution in [2.24, 2.45) is 0 Å². The van der Waals surface area contributed by atoms with Gasteiger partial charge in [-0.25, -0.2) is 0 Å². The zero-order valence-electron chi connectivity index (χ0n) is 9.32. The number of hydrogen-bond acceptors (Lipinski definition) is 3. The number of amides is 1. The first kappa shape index (κ1) is 11.2. The average Bonchev–Trinajstić information content (AvgIpc) is 2.78. The fraction of sp³-hybridized carbons (Fsp3) is 0.167. The quantitative estimate of drug-likeness (QED) is 0.835. The standard InChI is InChI=1S/C12H12N2O3/c1-8-5-11(15)10(7-13-8)12(16)14-6-9-3-2-4-17-9/h2-5,7H,6H2,1H3,(H,13,15)(H,14,16). The molecule has 0 saturated carbocycles. The Hall–Kier alpha value is -2.30. The lowest BCUT2D eigenvalue weighted by Gasteiger charge is -2.02. The molecule has 2 N–H and O–H groups in total. The van der Waals surface area contributed by atoms with Crippen LogP contribution in [0.3, 0.4) is 0 Å². The van der Waals surface area contributed by atoms with Crippen molar-refractivity contribution in [2.45, 2.75) is 13.5 Å². The minimum absolute atomic E-state index is 0.0992. The van der Waals surface area contributed by atoms with E-state index in [1.165, 1.54) is 18.5 Å². The second-order valence-electron chi connectivity index (χ2n) is 3.66. The van der Waals surface area contributed by atoms with Gasteiger partial charge < -0.3 is 14.7 Å². The van der Waals surface area contributed by atoms with Crippen LogP contribution in [0.5, 0.6) is 0 Å². The Morgan fingerprint density at radius 2 is 2.35 bits per heavy atom. The van der Waals surface area contributed by atoms with Gasteiger partial charge in [-0.1, -0.05) is 0 Å². The van der Waals surface area contributed by atoms with Crippen LogP contribution in [0.1, 0.15) is 21.8 Å². The zero-order valence-corrected chi connectivity index (χ0v) is 9.32. The van der Waals surface area contributed by atoms with Crippen LogP contribution in [0.25, 0.3) is 0 Å². The summed E-state index contributed by atoms with van der Waals surface area (Å²) < 4.78 is 5.07. The molecule has 0 saturated heterocycles. The van der Waals surface area contributed by atoms with E-state index in [0.717, 1.165) is 5.69 Å². The number of aromatic nitrogens is 1. The Bertz CT molecular complexity index is 570. The largest absolute Gasteiger partial charge is 0.467 e. The summed E-state index contributed by atoms with van der Waals surface area (Å²) in [5, 5.41) is 2.61. The summed E-state index contributed by atoms with van der Waals surface area (Å²) in [7, 11) is 0. The van der Waals surface area contributed by atoms with Crippen LogP contribution >= 0.6 is 0 Å². The molecule has 0 atom stereocenters. The van der Waals surface area contributed by atoms with Gasteiger partial charge in [-0.05, 0) is 19.1 Å². The maximum Gasteiger partial charge on any atom is 0.257 e. The van der Waals surface area contributed by atoms with Gasteiger partial charge in [-0.2, -0.15) is 0 Å². The molecule has 17 heavy (non-hydrogen) atoms. The van der Waals surface area contributed by atoms with E-state index in [4.69, 9.17) is 4.42 Å². The zero-order chi connectivity index (χ0) is 12.3.